The second-order valence-corrected chi connectivity index (χ2v) is 9.78. The summed E-state index contributed by atoms with van der Waals surface area (Å²) in [6, 6.07) is 31.2. The summed E-state index contributed by atoms with van der Waals surface area (Å²) in [5, 5.41) is 20.2. The Morgan fingerprint density at radius 1 is 0.488 bits per heavy atom. The van der Waals surface area contributed by atoms with Crippen molar-refractivity contribution in [2.45, 2.75) is 41.5 Å². The molecule has 4 aromatic rings. The van der Waals surface area contributed by atoms with E-state index in [1.165, 1.54) is 0 Å². The van der Waals surface area contributed by atoms with Gasteiger partial charge in [-0.2, -0.15) is 0 Å². The van der Waals surface area contributed by atoms with Gasteiger partial charge in [0, 0.05) is 51.2 Å². The molecule has 0 aliphatic rings. The van der Waals surface area contributed by atoms with Gasteiger partial charge >= 0.3 is 0 Å². The molecule has 41 heavy (non-hydrogen) atoms. The number of allylic oxidation sites excluding steroid dienone is 2. The normalized spacial score (nSPS) is 12.2. The second kappa shape index (κ2) is 16.2. The zero-order chi connectivity index (χ0) is 29.1. The maximum Gasteiger partial charge on any atom is 0.124 e. The number of hydrogen-bond acceptors (Lipinski definition) is 4. The van der Waals surface area contributed by atoms with Crippen LogP contribution < -0.4 is 0 Å². The molecule has 0 spiro atoms. The standard InChI is InChI=1S/2C18H19NO.Ni/c2*1-13-8-7-9-14(2)18(13)19-15(3)12-17(20)16-10-5-4-6-11-16;/h2*4-12,20H,1-3H3;. The fraction of sp³-hybridized carbons (Fsp3) is 0.167. The number of aliphatic hydroxyl groups is 2. The van der Waals surface area contributed by atoms with Crippen LogP contribution in [0.4, 0.5) is 11.4 Å². The molecule has 0 aliphatic carbocycles. The molecule has 0 saturated heterocycles. The van der Waals surface area contributed by atoms with Gasteiger partial charge < -0.3 is 10.2 Å². The minimum atomic E-state index is 0. The van der Waals surface area contributed by atoms with Crippen LogP contribution in [0.5, 0.6) is 0 Å². The van der Waals surface area contributed by atoms with Crippen LogP contribution in [0.2, 0.25) is 0 Å². The van der Waals surface area contributed by atoms with Crippen molar-refractivity contribution < 1.29 is 26.7 Å². The molecule has 0 heterocycles. The average Bonchev–Trinajstić information content (AvgIpc) is 2.94. The van der Waals surface area contributed by atoms with Gasteiger partial charge in [0.05, 0.1) is 11.4 Å². The van der Waals surface area contributed by atoms with Crippen LogP contribution in [-0.4, -0.2) is 21.6 Å². The van der Waals surface area contributed by atoms with E-state index in [0.717, 1.165) is 56.2 Å². The topological polar surface area (TPSA) is 65.2 Å². The van der Waals surface area contributed by atoms with E-state index >= 15 is 0 Å². The molecule has 0 fully saturated rings. The van der Waals surface area contributed by atoms with Gasteiger partial charge in [-0.3, -0.25) is 9.98 Å². The molecule has 0 aromatic heterocycles. The van der Waals surface area contributed by atoms with Gasteiger partial charge in [-0.1, -0.05) is 97.1 Å². The average molecular weight is 589 g/mol. The van der Waals surface area contributed by atoms with Crippen molar-refractivity contribution in [2.75, 3.05) is 0 Å². The molecule has 214 valence electrons. The van der Waals surface area contributed by atoms with Crippen LogP contribution in [0.3, 0.4) is 0 Å². The number of benzene rings is 4. The Balaban J connectivity index is 0.000000280. The largest absolute Gasteiger partial charge is 0.507 e. The van der Waals surface area contributed by atoms with E-state index in [1.54, 1.807) is 12.2 Å². The SMILES string of the molecule is CC(C=C(O)c1ccccc1)=Nc1c(C)cccc1C.CC(C=C(O)c1ccccc1)=Nc1c(C)cccc1C.[Ni]. The van der Waals surface area contributed by atoms with Gasteiger partial charge in [-0.15, -0.1) is 0 Å². The van der Waals surface area contributed by atoms with Crippen molar-refractivity contribution in [1.82, 2.24) is 0 Å². The summed E-state index contributed by atoms with van der Waals surface area (Å²) in [6.07, 6.45) is 3.39. The molecule has 2 N–H and O–H groups in total. The van der Waals surface area contributed by atoms with Crippen molar-refractivity contribution >= 4 is 34.3 Å². The second-order valence-electron chi connectivity index (χ2n) is 9.78. The van der Waals surface area contributed by atoms with Gasteiger partial charge in [0.2, 0.25) is 0 Å². The van der Waals surface area contributed by atoms with E-state index in [0.29, 0.717) is 0 Å². The summed E-state index contributed by atoms with van der Waals surface area (Å²) in [5.41, 5.74) is 9.65. The van der Waals surface area contributed by atoms with Crippen LogP contribution in [0.1, 0.15) is 47.2 Å². The molecule has 0 bridgehead atoms. The van der Waals surface area contributed by atoms with E-state index in [4.69, 9.17) is 0 Å². The summed E-state index contributed by atoms with van der Waals surface area (Å²) in [5.74, 6) is 0.469. The minimum absolute atomic E-state index is 0. The van der Waals surface area contributed by atoms with Crippen molar-refractivity contribution in [3.63, 3.8) is 0 Å². The molecular formula is C36H38N2NiO2. The third-order valence-corrected chi connectivity index (χ3v) is 6.29. The number of para-hydroxylation sites is 2. The quantitative estimate of drug-likeness (QED) is 0.134. The zero-order valence-electron chi connectivity index (χ0n) is 24.5. The molecule has 4 nitrogen and oxygen atoms in total. The third kappa shape index (κ3) is 10.0. The van der Waals surface area contributed by atoms with Gasteiger partial charge in [-0.25, -0.2) is 0 Å². The molecule has 5 heteroatoms. The number of aliphatic hydroxyl groups excluding tert-OH is 2. The molecule has 0 atom stereocenters. The van der Waals surface area contributed by atoms with Crippen molar-refractivity contribution in [3.8, 4) is 0 Å². The number of hydrogen-bond donors (Lipinski definition) is 2. The summed E-state index contributed by atoms with van der Waals surface area (Å²) < 4.78 is 0. The summed E-state index contributed by atoms with van der Waals surface area (Å²) in [4.78, 5) is 9.21. The summed E-state index contributed by atoms with van der Waals surface area (Å²) >= 11 is 0. The number of nitrogens with zero attached hydrogens (tertiary/aromatic N) is 2. The third-order valence-electron chi connectivity index (χ3n) is 6.29. The van der Waals surface area contributed by atoms with Crippen LogP contribution in [0.25, 0.3) is 11.5 Å². The van der Waals surface area contributed by atoms with Crippen LogP contribution in [0, 0.1) is 27.7 Å². The van der Waals surface area contributed by atoms with E-state index in [-0.39, 0.29) is 28.0 Å². The molecule has 0 radical (unpaired) electrons. The minimum Gasteiger partial charge on any atom is -0.507 e. The first-order chi connectivity index (χ1) is 19.2. The smallest absolute Gasteiger partial charge is 0.124 e. The molecule has 4 aromatic carbocycles. The van der Waals surface area contributed by atoms with Gasteiger partial charge in [0.1, 0.15) is 11.5 Å². The van der Waals surface area contributed by atoms with E-state index in [1.807, 2.05) is 139 Å². The summed E-state index contributed by atoms with van der Waals surface area (Å²) in [7, 11) is 0. The Morgan fingerprint density at radius 2 is 0.780 bits per heavy atom. The predicted octanol–water partition coefficient (Wildman–Crippen LogP) is 9.99. The van der Waals surface area contributed by atoms with E-state index in [2.05, 4.69) is 9.98 Å². The van der Waals surface area contributed by atoms with Crippen molar-refractivity contribution in [3.05, 3.63) is 143 Å². The fourth-order valence-electron chi connectivity index (χ4n) is 4.16. The Labute approximate surface area is 254 Å². The molecule has 0 aliphatic heterocycles. The van der Waals surface area contributed by atoms with Gasteiger partial charge in [-0.05, 0) is 63.8 Å². The fourth-order valence-corrected chi connectivity index (χ4v) is 4.16. The first-order valence-electron chi connectivity index (χ1n) is 13.3. The first-order valence-corrected chi connectivity index (χ1v) is 13.3. The number of aryl methyl sites for hydroxylation is 4. The van der Waals surface area contributed by atoms with E-state index < -0.39 is 0 Å². The molecule has 0 saturated carbocycles. The van der Waals surface area contributed by atoms with Crippen LogP contribution in [0.15, 0.2) is 119 Å². The first kappa shape index (κ1) is 33.0. The van der Waals surface area contributed by atoms with Crippen molar-refractivity contribution in [1.29, 1.82) is 0 Å². The maximum absolute atomic E-state index is 10.1. The number of aliphatic imine (C=N–C) groups is 2. The van der Waals surface area contributed by atoms with Crippen LogP contribution >= 0.6 is 0 Å². The number of rotatable bonds is 6. The monoisotopic (exact) mass is 588 g/mol. The maximum atomic E-state index is 10.1. The zero-order valence-corrected chi connectivity index (χ0v) is 25.5. The Hall–Kier alpha value is -4.21. The Kier molecular flexibility index (Phi) is 13.0. The summed E-state index contributed by atoms with van der Waals surface area (Å²) in [6.45, 7) is 12.0. The van der Waals surface area contributed by atoms with E-state index in [9.17, 15) is 10.2 Å². The van der Waals surface area contributed by atoms with Gasteiger partial charge in [0.25, 0.3) is 0 Å². The van der Waals surface area contributed by atoms with Gasteiger partial charge in [0.15, 0.2) is 0 Å². The predicted molar refractivity (Wildman–Crippen MR) is 171 cm³/mol. The Morgan fingerprint density at radius 3 is 1.07 bits per heavy atom. The molecule has 0 amide bonds. The van der Waals surface area contributed by atoms with Crippen LogP contribution in [-0.2, 0) is 16.5 Å². The molecule has 4 rings (SSSR count). The Bertz CT molecular complexity index is 1390. The molecular weight excluding hydrogens is 551 g/mol. The molecule has 0 unspecified atom stereocenters. The van der Waals surface area contributed by atoms with Crippen molar-refractivity contribution in [2.24, 2.45) is 9.98 Å².